The first kappa shape index (κ1) is 17.5. The molecular formula is C18H25N3O4. The van der Waals surface area contributed by atoms with Gasteiger partial charge in [-0.2, -0.15) is 0 Å². The number of ether oxygens (including phenoxy) is 1. The van der Waals surface area contributed by atoms with Gasteiger partial charge in [-0.15, -0.1) is 0 Å². The van der Waals surface area contributed by atoms with Gasteiger partial charge >= 0.3 is 12.0 Å². The molecule has 1 heterocycles. The maximum atomic E-state index is 12.3. The van der Waals surface area contributed by atoms with Crippen LogP contribution < -0.4 is 15.4 Å². The Morgan fingerprint density at radius 3 is 2.68 bits per heavy atom. The van der Waals surface area contributed by atoms with Crippen molar-refractivity contribution in [2.24, 2.45) is 0 Å². The van der Waals surface area contributed by atoms with E-state index in [2.05, 4.69) is 10.6 Å². The maximum Gasteiger partial charge on any atom is 0.317 e. The summed E-state index contributed by atoms with van der Waals surface area (Å²) in [5, 5.41) is 14.9. The Labute approximate surface area is 147 Å². The Bertz CT molecular complexity index is 645. The topological polar surface area (TPSA) is 90.9 Å². The molecule has 1 aromatic rings. The molecule has 0 radical (unpaired) electrons. The number of hydrogen-bond donors (Lipinski definition) is 3. The molecule has 0 saturated heterocycles. The third-order valence-corrected chi connectivity index (χ3v) is 5.03. The zero-order valence-electron chi connectivity index (χ0n) is 14.6. The molecule has 2 atom stereocenters. The van der Waals surface area contributed by atoms with Gasteiger partial charge in [0.05, 0.1) is 12.6 Å². The highest BCUT2D eigenvalue weighted by atomic mass is 16.5. The number of carboxylic acid groups (broad SMARTS) is 1. The number of rotatable bonds is 6. The second-order valence-corrected chi connectivity index (χ2v) is 6.74. The fourth-order valence-electron chi connectivity index (χ4n) is 3.61. The molecule has 7 heteroatoms. The van der Waals surface area contributed by atoms with E-state index in [0.717, 1.165) is 24.2 Å². The van der Waals surface area contributed by atoms with Crippen LogP contribution in [0, 0.1) is 0 Å². The molecule has 0 aromatic heterocycles. The van der Waals surface area contributed by atoms with Crippen LogP contribution in [0.2, 0.25) is 0 Å². The number of hydrogen-bond acceptors (Lipinski definition) is 4. The van der Waals surface area contributed by atoms with Gasteiger partial charge in [0.2, 0.25) is 0 Å². The summed E-state index contributed by atoms with van der Waals surface area (Å²) in [5.74, 6) is 0.00107. The normalized spacial score (nSPS) is 27.2. The lowest BCUT2D eigenvalue weighted by Gasteiger charge is -2.42. The number of nitrogens with zero attached hydrogens (tertiary/aromatic N) is 1. The molecule has 2 aliphatic rings. The number of fused-ring (bicyclic) bond motifs is 1. The molecule has 1 aromatic carbocycles. The largest absolute Gasteiger partial charge is 0.488 e. The van der Waals surface area contributed by atoms with Gasteiger partial charge < -0.3 is 20.5 Å². The number of likely N-dealkylation sites (N-methyl/N-ethyl adjacent to an activating group) is 1. The standard InChI is InChI=1S/C18H25N3O4/c1-3-21(10-16(22)23)13-8-12(9-13)19-18(24)20-17-11(2)25-15-7-5-4-6-14(15)17/h4-7,11-13,17H,3,8-10H2,1-2H3,(H,22,23)(H2,19,20,24). The zero-order valence-corrected chi connectivity index (χ0v) is 14.6. The molecule has 3 rings (SSSR count). The number of amides is 2. The van der Waals surface area contributed by atoms with Crippen LogP contribution in [0.5, 0.6) is 5.75 Å². The lowest BCUT2D eigenvalue weighted by atomic mass is 9.85. The molecule has 1 aliphatic heterocycles. The second kappa shape index (κ2) is 7.31. The molecule has 2 unspecified atom stereocenters. The van der Waals surface area contributed by atoms with E-state index in [1.165, 1.54) is 0 Å². The number of carbonyl (C=O) groups is 2. The van der Waals surface area contributed by atoms with Crippen LogP contribution in [0.25, 0.3) is 0 Å². The summed E-state index contributed by atoms with van der Waals surface area (Å²) in [5.41, 5.74) is 0.996. The van der Waals surface area contributed by atoms with Crippen molar-refractivity contribution in [1.29, 1.82) is 0 Å². The summed E-state index contributed by atoms with van der Waals surface area (Å²) >= 11 is 0. The fourth-order valence-corrected chi connectivity index (χ4v) is 3.61. The van der Waals surface area contributed by atoms with Crippen molar-refractivity contribution in [3.8, 4) is 5.75 Å². The minimum Gasteiger partial charge on any atom is -0.488 e. The van der Waals surface area contributed by atoms with Crippen molar-refractivity contribution in [3.63, 3.8) is 0 Å². The molecule has 1 aliphatic carbocycles. The fraction of sp³-hybridized carbons (Fsp3) is 0.556. The van der Waals surface area contributed by atoms with Crippen molar-refractivity contribution in [3.05, 3.63) is 29.8 Å². The number of aliphatic carboxylic acids is 1. The third kappa shape index (κ3) is 3.87. The van der Waals surface area contributed by atoms with E-state index >= 15 is 0 Å². The van der Waals surface area contributed by atoms with Crippen LogP contribution in [-0.4, -0.2) is 53.3 Å². The van der Waals surface area contributed by atoms with E-state index in [9.17, 15) is 9.59 Å². The molecule has 136 valence electrons. The summed E-state index contributed by atoms with van der Waals surface area (Å²) < 4.78 is 5.76. The van der Waals surface area contributed by atoms with Gasteiger partial charge in [-0.25, -0.2) is 4.79 Å². The molecule has 25 heavy (non-hydrogen) atoms. The summed E-state index contributed by atoms with van der Waals surface area (Å²) in [6.07, 6.45) is 1.45. The molecule has 7 nitrogen and oxygen atoms in total. The minimum absolute atomic E-state index is 0.0494. The van der Waals surface area contributed by atoms with Gasteiger partial charge in [0, 0.05) is 17.6 Å². The highest BCUT2D eigenvalue weighted by Crippen LogP contribution is 2.36. The van der Waals surface area contributed by atoms with Crippen LogP contribution in [0.4, 0.5) is 4.79 Å². The second-order valence-electron chi connectivity index (χ2n) is 6.74. The molecule has 1 saturated carbocycles. The van der Waals surface area contributed by atoms with E-state index in [0.29, 0.717) is 6.54 Å². The highest BCUT2D eigenvalue weighted by molar-refractivity contribution is 5.75. The Hall–Kier alpha value is -2.28. The SMILES string of the molecule is CCN(CC(=O)O)C1CC(NC(=O)NC2c3ccccc3OC2C)C1. The van der Waals surface area contributed by atoms with E-state index in [4.69, 9.17) is 9.84 Å². The van der Waals surface area contributed by atoms with Crippen molar-refractivity contribution in [1.82, 2.24) is 15.5 Å². The number of para-hydroxylation sites is 1. The predicted octanol–water partition coefficient (Wildman–Crippen LogP) is 1.75. The third-order valence-electron chi connectivity index (χ3n) is 5.03. The van der Waals surface area contributed by atoms with Gasteiger partial charge in [-0.3, -0.25) is 9.69 Å². The lowest BCUT2D eigenvalue weighted by Crippen LogP contribution is -2.56. The quantitative estimate of drug-likeness (QED) is 0.729. The van der Waals surface area contributed by atoms with E-state index in [-0.39, 0.29) is 36.8 Å². The van der Waals surface area contributed by atoms with Crippen LogP contribution in [0.15, 0.2) is 24.3 Å². The van der Waals surface area contributed by atoms with Gasteiger partial charge in [-0.05, 0) is 32.4 Å². The Morgan fingerprint density at radius 2 is 2.00 bits per heavy atom. The average Bonchev–Trinajstić information content (AvgIpc) is 2.84. The Balaban J connectivity index is 1.48. The lowest BCUT2D eigenvalue weighted by molar-refractivity contribution is -0.139. The number of carbonyl (C=O) groups excluding carboxylic acids is 1. The number of benzene rings is 1. The van der Waals surface area contributed by atoms with Crippen LogP contribution in [0.3, 0.4) is 0 Å². The zero-order chi connectivity index (χ0) is 18.0. The average molecular weight is 347 g/mol. The highest BCUT2D eigenvalue weighted by Gasteiger charge is 2.36. The predicted molar refractivity (Wildman–Crippen MR) is 92.6 cm³/mol. The van der Waals surface area contributed by atoms with Gasteiger partial charge in [0.25, 0.3) is 0 Å². The van der Waals surface area contributed by atoms with Crippen LogP contribution >= 0.6 is 0 Å². The Kier molecular flexibility index (Phi) is 5.13. The van der Waals surface area contributed by atoms with Gasteiger partial charge in [0.15, 0.2) is 0 Å². The monoisotopic (exact) mass is 347 g/mol. The van der Waals surface area contributed by atoms with Gasteiger partial charge in [0.1, 0.15) is 11.9 Å². The van der Waals surface area contributed by atoms with Crippen LogP contribution in [0.1, 0.15) is 38.3 Å². The van der Waals surface area contributed by atoms with Gasteiger partial charge in [-0.1, -0.05) is 25.1 Å². The molecule has 0 spiro atoms. The van der Waals surface area contributed by atoms with E-state index in [1.54, 1.807) is 0 Å². The summed E-state index contributed by atoms with van der Waals surface area (Å²) in [4.78, 5) is 25.1. The first-order chi connectivity index (χ1) is 12.0. The summed E-state index contributed by atoms with van der Waals surface area (Å²) in [7, 11) is 0. The summed E-state index contributed by atoms with van der Waals surface area (Å²) in [6, 6.07) is 7.66. The molecule has 2 amide bonds. The number of nitrogens with one attached hydrogen (secondary N) is 2. The molecule has 1 fully saturated rings. The van der Waals surface area contributed by atoms with Crippen molar-refractivity contribution in [2.75, 3.05) is 13.1 Å². The number of urea groups is 1. The first-order valence-electron chi connectivity index (χ1n) is 8.76. The number of carboxylic acids is 1. The molecule has 3 N–H and O–H groups in total. The molecular weight excluding hydrogens is 322 g/mol. The van der Waals surface area contributed by atoms with Crippen molar-refractivity contribution >= 4 is 12.0 Å². The van der Waals surface area contributed by atoms with E-state index in [1.807, 2.05) is 43.0 Å². The van der Waals surface area contributed by atoms with Crippen molar-refractivity contribution < 1.29 is 19.4 Å². The van der Waals surface area contributed by atoms with Crippen LogP contribution in [-0.2, 0) is 4.79 Å². The van der Waals surface area contributed by atoms with Crippen molar-refractivity contribution in [2.45, 2.75) is 50.9 Å². The first-order valence-corrected chi connectivity index (χ1v) is 8.76. The summed E-state index contributed by atoms with van der Waals surface area (Å²) in [6.45, 7) is 4.64. The van der Waals surface area contributed by atoms with E-state index < -0.39 is 5.97 Å². The smallest absolute Gasteiger partial charge is 0.317 e. The molecule has 0 bridgehead atoms. The minimum atomic E-state index is -0.815. The Morgan fingerprint density at radius 1 is 1.28 bits per heavy atom. The maximum absolute atomic E-state index is 12.3.